The van der Waals surface area contributed by atoms with Gasteiger partial charge in [-0.3, -0.25) is 9.59 Å². The van der Waals surface area contributed by atoms with Crippen molar-refractivity contribution in [1.82, 2.24) is 0 Å². The number of ether oxygens (including phenoxy) is 2. The van der Waals surface area contributed by atoms with Crippen LogP contribution in [0.15, 0.2) is 0 Å². The zero-order valence-electron chi connectivity index (χ0n) is 16.6. The average Bonchev–Trinajstić information content (AvgIpc) is 2.57. The molecule has 0 N–H and O–H groups in total. The van der Waals surface area contributed by atoms with Crippen LogP contribution in [0.4, 0.5) is 0 Å². The lowest BCUT2D eigenvalue weighted by Gasteiger charge is -2.35. The Bertz CT molecular complexity index is 371. The molecule has 0 radical (unpaired) electrons. The third kappa shape index (κ3) is 9.23. The fraction of sp³-hybridized carbons (Fsp3) is 0.889. The fourth-order valence-electron chi connectivity index (χ4n) is 2.41. The molecule has 0 bridgehead atoms. The molecule has 0 aromatic rings. The van der Waals surface area contributed by atoms with Gasteiger partial charge in [0.25, 0.3) is 0 Å². The molecule has 0 amide bonds. The highest BCUT2D eigenvalue weighted by Crippen LogP contribution is 2.06. The Morgan fingerprint density at radius 3 is 1.50 bits per heavy atom. The van der Waals surface area contributed by atoms with Crippen molar-refractivity contribution in [2.24, 2.45) is 0 Å². The predicted octanol–water partition coefficient (Wildman–Crippen LogP) is 1.83. The molecule has 0 unspecified atom stereocenters. The Kier molecular flexibility index (Phi) is 10.9. The molecule has 0 saturated carbocycles. The molecule has 6 heteroatoms. The Labute approximate surface area is 147 Å². The summed E-state index contributed by atoms with van der Waals surface area (Å²) < 4.78 is 12.2. The summed E-state index contributed by atoms with van der Waals surface area (Å²) in [5, 5.41) is 0. The lowest BCUT2D eigenvalue weighted by molar-refractivity contribution is -0.923. The molecule has 142 valence electrons. The first-order valence-corrected chi connectivity index (χ1v) is 9.22. The van der Waals surface area contributed by atoms with E-state index in [4.69, 9.17) is 9.47 Å². The highest BCUT2D eigenvalue weighted by Gasteiger charge is 2.21. The van der Waals surface area contributed by atoms with E-state index >= 15 is 0 Å². The minimum atomic E-state index is -0.330. The van der Waals surface area contributed by atoms with Gasteiger partial charge in [0.1, 0.15) is 26.3 Å². The zero-order chi connectivity index (χ0) is 18.6. The first kappa shape index (κ1) is 22.9. The van der Waals surface area contributed by atoms with Gasteiger partial charge in [0.2, 0.25) is 0 Å². The second-order valence-electron chi connectivity index (χ2n) is 6.93. The number of likely N-dealkylation sites (N-methyl/N-ethyl adjacent to an activating group) is 2. The third-order valence-corrected chi connectivity index (χ3v) is 5.19. The standard InChI is InChI=1S/C18H38N2O4/c1-7-19(5,6)13-15-23-17(21)11-12-18(22)24-16-14-20(8-2,9-3)10-4/h7-16H2,1-6H3/q+2. The summed E-state index contributed by atoms with van der Waals surface area (Å²) in [4.78, 5) is 23.4. The summed E-state index contributed by atoms with van der Waals surface area (Å²) in [6.07, 6.45) is 0.183. The maximum Gasteiger partial charge on any atom is 0.306 e. The SMILES string of the molecule is CC[N+](C)(C)CCOC(=O)CCC(=O)OCC[N+](CC)(CC)CC. The summed E-state index contributed by atoms with van der Waals surface area (Å²) in [6.45, 7) is 15.0. The molecule has 0 aromatic heterocycles. The summed E-state index contributed by atoms with van der Waals surface area (Å²) in [7, 11) is 4.18. The number of nitrogens with zero attached hydrogens (tertiary/aromatic N) is 2. The average molecular weight is 347 g/mol. The van der Waals surface area contributed by atoms with Crippen LogP contribution in [-0.2, 0) is 19.1 Å². The van der Waals surface area contributed by atoms with Crippen molar-refractivity contribution in [2.75, 3.05) is 66.6 Å². The lowest BCUT2D eigenvalue weighted by atomic mass is 10.3. The molecule has 0 spiro atoms. The van der Waals surface area contributed by atoms with Gasteiger partial charge in [0.05, 0.1) is 53.1 Å². The van der Waals surface area contributed by atoms with Crippen LogP contribution in [0.1, 0.15) is 40.5 Å². The molecular weight excluding hydrogens is 308 g/mol. The number of carbonyl (C=O) groups is 2. The number of hydrogen-bond acceptors (Lipinski definition) is 4. The highest BCUT2D eigenvalue weighted by atomic mass is 16.5. The van der Waals surface area contributed by atoms with Gasteiger partial charge in [-0.05, 0) is 27.7 Å². The largest absolute Gasteiger partial charge is 0.460 e. The predicted molar refractivity (Wildman–Crippen MR) is 95.4 cm³/mol. The highest BCUT2D eigenvalue weighted by molar-refractivity contribution is 5.77. The molecule has 6 nitrogen and oxygen atoms in total. The summed E-state index contributed by atoms with van der Waals surface area (Å²) in [5.74, 6) is -0.651. The lowest BCUT2D eigenvalue weighted by Crippen LogP contribution is -2.49. The van der Waals surface area contributed by atoms with Crippen LogP contribution in [0.5, 0.6) is 0 Å². The number of rotatable bonds is 13. The second kappa shape index (κ2) is 11.4. The normalized spacial score (nSPS) is 12.1. The van der Waals surface area contributed by atoms with E-state index in [0.717, 1.165) is 48.2 Å². The van der Waals surface area contributed by atoms with Crippen molar-refractivity contribution < 1.29 is 28.0 Å². The van der Waals surface area contributed by atoms with Gasteiger partial charge in [0.15, 0.2) is 0 Å². The molecular formula is C18H38N2O4+2. The molecule has 0 aliphatic rings. The van der Waals surface area contributed by atoms with Crippen LogP contribution in [0, 0.1) is 0 Å². The molecule has 0 aromatic carbocycles. The van der Waals surface area contributed by atoms with Gasteiger partial charge in [-0.1, -0.05) is 0 Å². The van der Waals surface area contributed by atoms with Gasteiger partial charge in [-0.15, -0.1) is 0 Å². The molecule has 0 aliphatic heterocycles. The monoisotopic (exact) mass is 346 g/mol. The Hall–Kier alpha value is -1.14. The van der Waals surface area contributed by atoms with Crippen molar-refractivity contribution in [1.29, 1.82) is 0 Å². The summed E-state index contributed by atoms with van der Waals surface area (Å²) >= 11 is 0. The van der Waals surface area contributed by atoms with Gasteiger partial charge in [0, 0.05) is 0 Å². The summed E-state index contributed by atoms with van der Waals surface area (Å²) in [5.41, 5.74) is 0. The van der Waals surface area contributed by atoms with Crippen molar-refractivity contribution >= 4 is 11.9 Å². The fourth-order valence-corrected chi connectivity index (χ4v) is 2.41. The van der Waals surface area contributed by atoms with E-state index in [1.807, 2.05) is 0 Å². The van der Waals surface area contributed by atoms with Crippen LogP contribution < -0.4 is 0 Å². The third-order valence-electron chi connectivity index (χ3n) is 5.19. The molecule has 0 fully saturated rings. The summed E-state index contributed by atoms with van der Waals surface area (Å²) in [6, 6.07) is 0. The quantitative estimate of drug-likeness (QED) is 0.377. The van der Waals surface area contributed by atoms with Crippen molar-refractivity contribution in [3.63, 3.8) is 0 Å². The first-order valence-electron chi connectivity index (χ1n) is 9.22. The molecule has 24 heavy (non-hydrogen) atoms. The van der Waals surface area contributed by atoms with E-state index in [-0.39, 0.29) is 24.8 Å². The molecule has 0 aliphatic carbocycles. The number of carbonyl (C=O) groups excluding carboxylic acids is 2. The number of hydrogen-bond donors (Lipinski definition) is 0. The second-order valence-corrected chi connectivity index (χ2v) is 6.93. The van der Waals surface area contributed by atoms with Crippen LogP contribution in [0.2, 0.25) is 0 Å². The van der Waals surface area contributed by atoms with Crippen molar-refractivity contribution in [3.05, 3.63) is 0 Å². The van der Waals surface area contributed by atoms with Crippen LogP contribution in [-0.4, -0.2) is 87.5 Å². The molecule has 0 heterocycles. The van der Waals surface area contributed by atoms with Crippen LogP contribution in [0.25, 0.3) is 0 Å². The van der Waals surface area contributed by atoms with Crippen LogP contribution in [0.3, 0.4) is 0 Å². The van der Waals surface area contributed by atoms with E-state index < -0.39 is 0 Å². The van der Waals surface area contributed by atoms with Gasteiger partial charge >= 0.3 is 11.9 Å². The van der Waals surface area contributed by atoms with Gasteiger partial charge in [-0.2, -0.15) is 0 Å². The van der Waals surface area contributed by atoms with E-state index in [9.17, 15) is 9.59 Å². The van der Waals surface area contributed by atoms with Gasteiger partial charge in [-0.25, -0.2) is 0 Å². The topological polar surface area (TPSA) is 52.6 Å². The van der Waals surface area contributed by atoms with Crippen LogP contribution >= 0.6 is 0 Å². The smallest absolute Gasteiger partial charge is 0.306 e. The van der Waals surface area contributed by atoms with Gasteiger partial charge < -0.3 is 18.4 Å². The van der Waals surface area contributed by atoms with Crippen molar-refractivity contribution in [3.8, 4) is 0 Å². The Balaban J connectivity index is 3.91. The maximum absolute atomic E-state index is 11.7. The Morgan fingerprint density at radius 2 is 1.12 bits per heavy atom. The van der Waals surface area contributed by atoms with E-state index in [2.05, 4.69) is 41.8 Å². The number of quaternary nitrogens is 2. The maximum atomic E-state index is 11.7. The molecule has 0 rings (SSSR count). The van der Waals surface area contributed by atoms with Crippen molar-refractivity contribution in [2.45, 2.75) is 40.5 Å². The van der Waals surface area contributed by atoms with E-state index in [1.165, 1.54) is 0 Å². The minimum Gasteiger partial charge on any atom is -0.460 e. The first-order chi connectivity index (χ1) is 11.2. The molecule has 0 atom stereocenters. The number of esters is 2. The molecule has 0 saturated heterocycles. The Morgan fingerprint density at radius 1 is 0.708 bits per heavy atom. The minimum absolute atomic E-state index is 0.0910. The zero-order valence-corrected chi connectivity index (χ0v) is 16.6. The van der Waals surface area contributed by atoms with E-state index in [0.29, 0.717) is 13.2 Å². The van der Waals surface area contributed by atoms with E-state index in [1.54, 1.807) is 0 Å².